The Hall–Kier alpha value is -3.19. The standard InChI is InChI=1S/C25H30N4O3/c1-3-24(31)29(20-9-5-4-6-10-20)21-13-15-26(16-14-21)17-18-27-22-11-7-8-12-23(22)28(19(2)30)25(27)32/h4-12,21H,3,13-18H2,1-2H3. The van der Waals surface area contributed by atoms with Crippen molar-refractivity contribution in [3.63, 3.8) is 0 Å². The third-order valence-corrected chi connectivity index (χ3v) is 6.32. The normalized spacial score (nSPS) is 15.2. The number of anilines is 1. The zero-order valence-electron chi connectivity index (χ0n) is 18.7. The Morgan fingerprint density at radius 3 is 2.19 bits per heavy atom. The lowest BCUT2D eigenvalue weighted by atomic mass is 10.0. The molecule has 0 atom stereocenters. The largest absolute Gasteiger partial charge is 0.336 e. The molecule has 0 saturated carbocycles. The zero-order valence-corrected chi connectivity index (χ0v) is 18.7. The van der Waals surface area contributed by atoms with Crippen molar-refractivity contribution in [3.05, 3.63) is 65.1 Å². The van der Waals surface area contributed by atoms with Crippen LogP contribution in [-0.2, 0) is 11.3 Å². The maximum Gasteiger partial charge on any atom is 0.336 e. The van der Waals surface area contributed by atoms with Crippen LogP contribution < -0.4 is 10.6 Å². The quantitative estimate of drug-likeness (QED) is 0.597. The molecular weight excluding hydrogens is 404 g/mol. The van der Waals surface area contributed by atoms with Gasteiger partial charge in [0.2, 0.25) is 11.8 Å². The Morgan fingerprint density at radius 2 is 1.56 bits per heavy atom. The molecule has 1 aromatic heterocycles. The topological polar surface area (TPSA) is 67.6 Å². The maximum atomic E-state index is 12.9. The molecule has 168 valence electrons. The predicted octanol–water partition coefficient (Wildman–Crippen LogP) is 3.37. The Labute approximate surface area is 187 Å². The predicted molar refractivity (Wildman–Crippen MR) is 126 cm³/mol. The first-order chi connectivity index (χ1) is 15.5. The molecule has 1 fully saturated rings. The van der Waals surface area contributed by atoms with E-state index < -0.39 is 0 Å². The second kappa shape index (κ2) is 9.53. The molecule has 2 heterocycles. The molecule has 1 aliphatic rings. The first kappa shape index (κ1) is 22.0. The van der Waals surface area contributed by atoms with Crippen molar-refractivity contribution in [2.45, 2.75) is 45.7 Å². The Bertz CT molecular complexity index is 1160. The van der Waals surface area contributed by atoms with Gasteiger partial charge in [0.05, 0.1) is 11.0 Å². The molecule has 1 amide bonds. The number of amides is 1. The number of carbonyl (C=O) groups excluding carboxylic acids is 2. The molecule has 32 heavy (non-hydrogen) atoms. The van der Waals surface area contributed by atoms with E-state index in [2.05, 4.69) is 4.90 Å². The highest BCUT2D eigenvalue weighted by Crippen LogP contribution is 2.24. The van der Waals surface area contributed by atoms with Crippen molar-refractivity contribution in [2.75, 3.05) is 24.5 Å². The highest BCUT2D eigenvalue weighted by molar-refractivity contribution is 5.93. The molecule has 1 aliphatic heterocycles. The fraction of sp³-hybridized carbons (Fsp3) is 0.400. The third kappa shape index (κ3) is 4.25. The Balaban J connectivity index is 1.44. The molecule has 0 aliphatic carbocycles. The molecule has 0 bridgehead atoms. The highest BCUT2D eigenvalue weighted by atomic mass is 16.2. The average molecular weight is 435 g/mol. The number of piperidine rings is 1. The van der Waals surface area contributed by atoms with E-state index in [4.69, 9.17) is 0 Å². The number of rotatable bonds is 6. The van der Waals surface area contributed by atoms with Crippen LogP contribution in [0.15, 0.2) is 59.4 Å². The summed E-state index contributed by atoms with van der Waals surface area (Å²) in [5.41, 5.74) is 2.12. The van der Waals surface area contributed by atoms with Gasteiger partial charge in [-0.25, -0.2) is 9.36 Å². The van der Waals surface area contributed by atoms with Crippen molar-refractivity contribution >= 4 is 28.5 Å². The minimum Gasteiger partial charge on any atom is -0.309 e. The van der Waals surface area contributed by atoms with Crippen LogP contribution in [0.3, 0.4) is 0 Å². The van der Waals surface area contributed by atoms with E-state index in [0.717, 1.165) is 43.7 Å². The highest BCUT2D eigenvalue weighted by Gasteiger charge is 2.28. The summed E-state index contributed by atoms with van der Waals surface area (Å²) in [6.45, 7) is 6.31. The van der Waals surface area contributed by atoms with Gasteiger partial charge in [-0.3, -0.25) is 14.2 Å². The van der Waals surface area contributed by atoms with Crippen molar-refractivity contribution < 1.29 is 9.59 Å². The van der Waals surface area contributed by atoms with Crippen LogP contribution in [0.5, 0.6) is 0 Å². The number of para-hydroxylation sites is 3. The lowest BCUT2D eigenvalue weighted by Crippen LogP contribution is -2.48. The van der Waals surface area contributed by atoms with Crippen LogP contribution in [0.1, 0.15) is 37.9 Å². The molecule has 7 nitrogen and oxygen atoms in total. The lowest BCUT2D eigenvalue weighted by Gasteiger charge is -2.38. The summed E-state index contributed by atoms with van der Waals surface area (Å²) in [4.78, 5) is 41.8. The SMILES string of the molecule is CCC(=O)N(c1ccccc1)C1CCN(CCn2c(=O)n(C(C)=O)c3ccccc32)CC1. The van der Waals surface area contributed by atoms with Crippen LogP contribution in [-0.4, -0.2) is 51.5 Å². The Kier molecular flexibility index (Phi) is 6.55. The number of hydrogen-bond acceptors (Lipinski definition) is 4. The number of imidazole rings is 1. The van der Waals surface area contributed by atoms with Gasteiger partial charge in [0, 0.05) is 51.3 Å². The zero-order chi connectivity index (χ0) is 22.7. The minimum atomic E-state index is -0.280. The van der Waals surface area contributed by atoms with Gasteiger partial charge in [-0.05, 0) is 37.1 Å². The summed E-state index contributed by atoms with van der Waals surface area (Å²) in [5, 5.41) is 0. The Morgan fingerprint density at radius 1 is 0.938 bits per heavy atom. The van der Waals surface area contributed by atoms with Gasteiger partial charge >= 0.3 is 5.69 Å². The van der Waals surface area contributed by atoms with Gasteiger partial charge in [0.25, 0.3) is 0 Å². The van der Waals surface area contributed by atoms with Crippen LogP contribution >= 0.6 is 0 Å². The summed E-state index contributed by atoms with van der Waals surface area (Å²) in [6.07, 6.45) is 2.27. The van der Waals surface area contributed by atoms with Crippen molar-refractivity contribution in [1.82, 2.24) is 14.0 Å². The number of aromatic nitrogens is 2. The van der Waals surface area contributed by atoms with Gasteiger partial charge < -0.3 is 9.80 Å². The molecule has 0 radical (unpaired) electrons. The van der Waals surface area contributed by atoms with Gasteiger partial charge in [-0.1, -0.05) is 37.3 Å². The molecule has 0 N–H and O–H groups in total. The smallest absolute Gasteiger partial charge is 0.309 e. The van der Waals surface area contributed by atoms with E-state index in [9.17, 15) is 14.4 Å². The number of benzene rings is 2. The molecule has 0 spiro atoms. The summed E-state index contributed by atoms with van der Waals surface area (Å²) in [7, 11) is 0. The molecule has 0 unspecified atom stereocenters. The van der Waals surface area contributed by atoms with E-state index in [0.29, 0.717) is 18.5 Å². The fourth-order valence-corrected chi connectivity index (χ4v) is 4.69. The first-order valence-corrected chi connectivity index (χ1v) is 11.3. The number of carbonyl (C=O) groups is 2. The number of fused-ring (bicyclic) bond motifs is 1. The number of hydrogen-bond donors (Lipinski definition) is 0. The summed E-state index contributed by atoms with van der Waals surface area (Å²) in [6, 6.07) is 17.5. The van der Waals surface area contributed by atoms with Crippen molar-refractivity contribution in [1.29, 1.82) is 0 Å². The average Bonchev–Trinajstić information content (AvgIpc) is 3.10. The maximum absolute atomic E-state index is 12.9. The van der Waals surface area contributed by atoms with Crippen LogP contribution in [0.2, 0.25) is 0 Å². The van der Waals surface area contributed by atoms with Gasteiger partial charge in [0.15, 0.2) is 0 Å². The van der Waals surface area contributed by atoms with Crippen LogP contribution in [0, 0.1) is 0 Å². The second-order valence-electron chi connectivity index (χ2n) is 8.30. The van der Waals surface area contributed by atoms with Crippen LogP contribution in [0.25, 0.3) is 11.0 Å². The minimum absolute atomic E-state index is 0.151. The van der Waals surface area contributed by atoms with E-state index in [1.54, 1.807) is 4.57 Å². The van der Waals surface area contributed by atoms with E-state index in [-0.39, 0.29) is 23.5 Å². The van der Waals surface area contributed by atoms with E-state index >= 15 is 0 Å². The number of nitrogens with zero attached hydrogens (tertiary/aromatic N) is 4. The van der Waals surface area contributed by atoms with Crippen LogP contribution in [0.4, 0.5) is 5.69 Å². The van der Waals surface area contributed by atoms with Crippen molar-refractivity contribution in [2.24, 2.45) is 0 Å². The number of likely N-dealkylation sites (tertiary alicyclic amines) is 1. The fourth-order valence-electron chi connectivity index (χ4n) is 4.69. The first-order valence-electron chi connectivity index (χ1n) is 11.3. The molecular formula is C25H30N4O3. The van der Waals surface area contributed by atoms with Gasteiger partial charge in [-0.15, -0.1) is 0 Å². The molecule has 4 rings (SSSR count). The lowest BCUT2D eigenvalue weighted by molar-refractivity contribution is -0.119. The van der Waals surface area contributed by atoms with E-state index in [1.165, 1.54) is 11.5 Å². The molecule has 3 aromatic rings. The monoisotopic (exact) mass is 434 g/mol. The third-order valence-electron chi connectivity index (χ3n) is 6.32. The second-order valence-corrected chi connectivity index (χ2v) is 8.30. The van der Waals surface area contributed by atoms with Gasteiger partial charge in [-0.2, -0.15) is 0 Å². The molecule has 1 saturated heterocycles. The molecule has 2 aromatic carbocycles. The molecule has 7 heteroatoms. The van der Waals surface area contributed by atoms with E-state index in [1.807, 2.05) is 66.4 Å². The summed E-state index contributed by atoms with van der Waals surface area (Å²) >= 11 is 0. The van der Waals surface area contributed by atoms with Crippen molar-refractivity contribution in [3.8, 4) is 0 Å². The summed E-state index contributed by atoms with van der Waals surface area (Å²) in [5.74, 6) is -0.120. The summed E-state index contributed by atoms with van der Waals surface area (Å²) < 4.78 is 2.94. The van der Waals surface area contributed by atoms with Gasteiger partial charge in [0.1, 0.15) is 0 Å².